The zero-order valence-corrected chi connectivity index (χ0v) is 28.4. The van der Waals surface area contributed by atoms with E-state index in [9.17, 15) is 27.6 Å². The normalized spacial score (nSPS) is 24.0. The average molecular weight is 724 g/mol. The summed E-state index contributed by atoms with van der Waals surface area (Å²) in [5.41, 5.74) is 1.71. The van der Waals surface area contributed by atoms with Crippen molar-refractivity contribution in [1.29, 1.82) is 0 Å². The van der Waals surface area contributed by atoms with Crippen LogP contribution < -0.4 is 5.32 Å². The number of likely N-dealkylation sites (tertiary alicyclic amines) is 1. The number of nitrogens with one attached hydrogen (secondary N) is 1. The number of amides is 2. The Balaban J connectivity index is 1.12. The van der Waals surface area contributed by atoms with Crippen molar-refractivity contribution in [3.05, 3.63) is 63.8 Å². The summed E-state index contributed by atoms with van der Waals surface area (Å²) >= 11 is 13.2. The second-order valence-electron chi connectivity index (χ2n) is 13.2. The fraction of sp³-hybridized carbons (Fsp3) is 0.514. The molecule has 264 valence electrons. The van der Waals surface area contributed by atoms with Crippen LogP contribution in [0.25, 0.3) is 11.0 Å². The molecule has 0 bridgehead atoms. The third-order valence-electron chi connectivity index (χ3n) is 9.93. The van der Waals surface area contributed by atoms with E-state index in [4.69, 9.17) is 32.4 Å². The van der Waals surface area contributed by atoms with Gasteiger partial charge in [0.05, 0.1) is 48.0 Å². The van der Waals surface area contributed by atoms with Gasteiger partial charge in [-0.05, 0) is 55.9 Å². The minimum Gasteiger partial charge on any atom is -0.463 e. The van der Waals surface area contributed by atoms with Gasteiger partial charge < -0.3 is 24.2 Å². The van der Waals surface area contributed by atoms with E-state index in [1.807, 2.05) is 12.1 Å². The van der Waals surface area contributed by atoms with Crippen molar-refractivity contribution >= 4 is 58.0 Å². The highest BCUT2D eigenvalue weighted by atomic mass is 35.5. The molecule has 3 heterocycles. The topological polar surface area (TPSA) is 95.3 Å². The number of ether oxygens (including phenoxy) is 1. The van der Waals surface area contributed by atoms with Gasteiger partial charge in [-0.15, -0.1) is 0 Å². The molecule has 2 amide bonds. The highest BCUT2D eigenvalue weighted by molar-refractivity contribution is 6.36. The number of para-hydroxylation sites is 1. The Labute approximate surface area is 292 Å². The maximum atomic E-state index is 13.9. The number of halogens is 5. The van der Waals surface area contributed by atoms with Gasteiger partial charge >= 0.3 is 6.18 Å². The van der Waals surface area contributed by atoms with Crippen LogP contribution in [-0.4, -0.2) is 103 Å². The van der Waals surface area contributed by atoms with E-state index in [-0.39, 0.29) is 46.5 Å². The molecule has 1 N–H and O–H groups in total. The molecule has 3 fully saturated rings. The highest BCUT2D eigenvalue weighted by Crippen LogP contribution is 2.33. The minimum atomic E-state index is -4.24. The monoisotopic (exact) mass is 722 g/mol. The Hall–Kier alpha value is -3.16. The first-order valence-corrected chi connectivity index (χ1v) is 17.4. The summed E-state index contributed by atoms with van der Waals surface area (Å²) in [7, 11) is 0. The lowest BCUT2D eigenvalue weighted by Crippen LogP contribution is -2.52. The highest BCUT2D eigenvalue weighted by Gasteiger charge is 2.40. The van der Waals surface area contributed by atoms with E-state index in [1.54, 1.807) is 23.1 Å². The summed E-state index contributed by atoms with van der Waals surface area (Å²) < 4.78 is 50.7. The number of benzene rings is 2. The number of aldehydes is 1. The number of fused-ring (bicyclic) bond motifs is 1. The molecule has 6 rings (SSSR count). The summed E-state index contributed by atoms with van der Waals surface area (Å²) in [4.78, 5) is 43.5. The number of furan rings is 1. The summed E-state index contributed by atoms with van der Waals surface area (Å²) in [5.74, 6) is -0.528. The summed E-state index contributed by atoms with van der Waals surface area (Å²) in [6, 6.07) is 10.0. The van der Waals surface area contributed by atoms with Crippen LogP contribution >= 0.6 is 23.2 Å². The number of carbonyl (C=O) groups excluding carboxylic acids is 3. The number of hydrogen-bond donors (Lipinski definition) is 1. The van der Waals surface area contributed by atoms with E-state index >= 15 is 0 Å². The molecular weight excluding hydrogens is 684 g/mol. The van der Waals surface area contributed by atoms with E-state index in [1.165, 1.54) is 17.2 Å². The Kier molecular flexibility index (Phi) is 11.2. The number of anilines is 1. The predicted molar refractivity (Wildman–Crippen MR) is 180 cm³/mol. The maximum absolute atomic E-state index is 13.9. The van der Waals surface area contributed by atoms with E-state index in [0.717, 1.165) is 32.0 Å². The molecule has 3 aliphatic rings. The van der Waals surface area contributed by atoms with Gasteiger partial charge in [0.25, 0.3) is 5.91 Å². The van der Waals surface area contributed by atoms with Gasteiger partial charge in [-0.1, -0.05) is 41.4 Å². The molecule has 0 unspecified atom stereocenters. The van der Waals surface area contributed by atoms with Crippen molar-refractivity contribution in [2.75, 3.05) is 51.2 Å². The number of hydrogen-bond acceptors (Lipinski definition) is 7. The van der Waals surface area contributed by atoms with E-state index in [0.29, 0.717) is 73.5 Å². The van der Waals surface area contributed by atoms with Gasteiger partial charge in [0.1, 0.15) is 18.1 Å². The fourth-order valence-corrected chi connectivity index (χ4v) is 7.69. The molecule has 2 aliphatic heterocycles. The predicted octanol–water partition coefficient (Wildman–Crippen LogP) is 6.46. The first kappa shape index (κ1) is 35.7. The Morgan fingerprint density at radius 1 is 1.02 bits per heavy atom. The lowest BCUT2D eigenvalue weighted by atomic mass is 9.88. The van der Waals surface area contributed by atoms with Gasteiger partial charge in [0.15, 0.2) is 0 Å². The largest absolute Gasteiger partial charge is 0.463 e. The second-order valence-corrected chi connectivity index (χ2v) is 14.0. The van der Waals surface area contributed by atoms with Crippen molar-refractivity contribution in [1.82, 2.24) is 14.7 Å². The number of carbonyl (C=O) groups is 3. The quantitative estimate of drug-likeness (QED) is 0.240. The molecular formula is C35H39Cl2F3N4O5. The van der Waals surface area contributed by atoms with Crippen molar-refractivity contribution in [3.63, 3.8) is 0 Å². The van der Waals surface area contributed by atoms with Crippen molar-refractivity contribution < 1.29 is 36.7 Å². The van der Waals surface area contributed by atoms with Crippen LogP contribution in [0, 0.1) is 5.92 Å². The van der Waals surface area contributed by atoms with Gasteiger partial charge in [0, 0.05) is 55.1 Å². The number of nitrogens with zero attached hydrogens (tertiary/aromatic N) is 3. The zero-order valence-electron chi connectivity index (χ0n) is 26.9. The van der Waals surface area contributed by atoms with Gasteiger partial charge in [-0.25, -0.2) is 0 Å². The number of piperazine rings is 1. The zero-order chi connectivity index (χ0) is 34.7. The first-order chi connectivity index (χ1) is 23.5. The van der Waals surface area contributed by atoms with Gasteiger partial charge in [-0.2, -0.15) is 13.2 Å². The van der Waals surface area contributed by atoms with Crippen molar-refractivity contribution in [2.24, 2.45) is 5.92 Å². The Morgan fingerprint density at radius 3 is 2.47 bits per heavy atom. The molecule has 1 saturated carbocycles. The van der Waals surface area contributed by atoms with Crippen LogP contribution in [0.2, 0.25) is 10.0 Å². The molecule has 9 nitrogen and oxygen atoms in total. The van der Waals surface area contributed by atoms with Crippen LogP contribution in [0.15, 0.2) is 47.1 Å². The minimum absolute atomic E-state index is 0.00848. The third kappa shape index (κ3) is 8.78. The van der Waals surface area contributed by atoms with Gasteiger partial charge in [-0.3, -0.25) is 19.4 Å². The molecule has 14 heteroatoms. The molecule has 2 atom stereocenters. The summed E-state index contributed by atoms with van der Waals surface area (Å²) in [6.45, 7) is 1.39. The smallest absolute Gasteiger partial charge is 0.401 e. The van der Waals surface area contributed by atoms with Gasteiger partial charge in [0.2, 0.25) is 5.91 Å². The van der Waals surface area contributed by atoms with E-state index in [2.05, 4.69) is 10.2 Å². The summed E-state index contributed by atoms with van der Waals surface area (Å²) in [6.07, 6.45) is 1.87. The number of rotatable bonds is 10. The second kappa shape index (κ2) is 15.4. The standard InChI is InChI=1S/C35H39Cl2F3N4O5/c36-29-16-31(41-34(47)28-20-49-32-4-2-1-3-27(28)32)30(37)13-23(29)14-33(46)44-17-24(43-11-9-42(10-12-43)21-35(38,39)40)15-25(44)19-48-26-7-5-22(18-45)6-8-26/h1-4,13,16,18,20,22,24-26H,5-12,14-15,17,19,21H2,(H,41,47)/t22?,24-,25-,26?/m0/s1. The molecule has 3 aromatic rings. The lowest BCUT2D eigenvalue weighted by Gasteiger charge is -2.38. The van der Waals surface area contributed by atoms with Crippen LogP contribution in [-0.2, 0) is 20.7 Å². The lowest BCUT2D eigenvalue weighted by molar-refractivity contribution is -0.150. The SMILES string of the molecule is O=CC1CCC(OC[C@@H]2C[C@H](N3CCN(CC(F)(F)F)CC3)CN2C(=O)Cc2cc(Cl)c(NC(=O)c3coc4ccccc34)cc2Cl)CC1. The van der Waals surface area contributed by atoms with Crippen LogP contribution in [0.5, 0.6) is 0 Å². The molecule has 49 heavy (non-hydrogen) atoms. The van der Waals surface area contributed by atoms with E-state index < -0.39 is 18.6 Å². The van der Waals surface area contributed by atoms with Crippen LogP contribution in [0.4, 0.5) is 18.9 Å². The molecule has 2 saturated heterocycles. The first-order valence-electron chi connectivity index (χ1n) is 16.6. The third-order valence-corrected chi connectivity index (χ3v) is 10.6. The van der Waals surface area contributed by atoms with Crippen molar-refractivity contribution in [2.45, 2.75) is 62.9 Å². The molecule has 0 radical (unpaired) electrons. The van der Waals surface area contributed by atoms with Crippen molar-refractivity contribution in [3.8, 4) is 0 Å². The number of alkyl halides is 3. The van der Waals surface area contributed by atoms with Crippen LogP contribution in [0.3, 0.4) is 0 Å². The molecule has 1 aromatic heterocycles. The average Bonchev–Trinajstić information content (AvgIpc) is 3.71. The molecule has 1 aliphatic carbocycles. The summed E-state index contributed by atoms with van der Waals surface area (Å²) in [5, 5.41) is 3.92. The maximum Gasteiger partial charge on any atom is 0.401 e. The van der Waals surface area contributed by atoms with Crippen LogP contribution in [0.1, 0.15) is 48.0 Å². The Bertz CT molecular complexity index is 1650. The fourth-order valence-electron chi connectivity index (χ4n) is 7.23. The molecule has 0 spiro atoms. The Morgan fingerprint density at radius 2 is 1.76 bits per heavy atom. The molecule has 2 aromatic carbocycles.